The summed E-state index contributed by atoms with van der Waals surface area (Å²) in [6.07, 6.45) is 1.55. The Balaban J connectivity index is 1.62. The van der Waals surface area contributed by atoms with Crippen LogP contribution >= 0.6 is 15.9 Å². The molecule has 0 aliphatic carbocycles. The van der Waals surface area contributed by atoms with Crippen LogP contribution in [0, 0.1) is 11.6 Å². The van der Waals surface area contributed by atoms with Crippen LogP contribution in [0.4, 0.5) is 8.78 Å². The zero-order valence-corrected chi connectivity index (χ0v) is 16.8. The van der Waals surface area contributed by atoms with E-state index < -0.39 is 0 Å². The third-order valence-corrected chi connectivity index (χ3v) is 4.42. The van der Waals surface area contributed by atoms with Crippen LogP contribution in [0.15, 0.2) is 76.3 Å². The average molecular weight is 459 g/mol. The molecule has 3 aromatic rings. The van der Waals surface area contributed by atoms with Crippen LogP contribution in [-0.4, -0.2) is 12.1 Å². The van der Waals surface area contributed by atoms with E-state index in [1.165, 1.54) is 30.5 Å². The Kier molecular flexibility index (Phi) is 7.08. The van der Waals surface area contributed by atoms with Gasteiger partial charge in [0.05, 0.1) is 12.6 Å². The number of ether oxygens (including phenoxy) is 1. The van der Waals surface area contributed by atoms with E-state index in [0.717, 1.165) is 4.47 Å². The van der Waals surface area contributed by atoms with Gasteiger partial charge in [-0.3, -0.25) is 4.79 Å². The zero-order valence-electron chi connectivity index (χ0n) is 15.2. The SMILES string of the molecule is O=C(Cc1ccc(F)cc1)N/N=C/c1cc(Br)ccc1OCc1cccc(F)c1. The minimum Gasteiger partial charge on any atom is -0.488 e. The molecule has 0 aromatic heterocycles. The average Bonchev–Trinajstić information content (AvgIpc) is 2.69. The molecule has 0 aliphatic heterocycles. The summed E-state index contributed by atoms with van der Waals surface area (Å²) in [7, 11) is 0. The Morgan fingerprint density at radius 3 is 2.55 bits per heavy atom. The van der Waals surface area contributed by atoms with Crippen molar-refractivity contribution in [2.75, 3.05) is 0 Å². The maximum atomic E-state index is 13.3. The molecule has 0 aliphatic rings. The minimum absolute atomic E-state index is 0.0824. The molecule has 148 valence electrons. The van der Waals surface area contributed by atoms with E-state index in [2.05, 4.69) is 26.5 Å². The fraction of sp³-hybridized carbons (Fsp3) is 0.0909. The predicted octanol–water partition coefficient (Wildman–Crippen LogP) is 5.00. The summed E-state index contributed by atoms with van der Waals surface area (Å²) >= 11 is 3.39. The summed E-state index contributed by atoms with van der Waals surface area (Å²) in [5.74, 6) is -0.473. The zero-order chi connectivity index (χ0) is 20.6. The second-order valence-electron chi connectivity index (χ2n) is 6.20. The normalized spacial score (nSPS) is 10.9. The van der Waals surface area contributed by atoms with E-state index in [4.69, 9.17) is 4.74 Å². The molecular formula is C22H17BrF2N2O2. The molecule has 0 unspecified atom stereocenters. The van der Waals surface area contributed by atoms with Gasteiger partial charge in [-0.2, -0.15) is 5.10 Å². The van der Waals surface area contributed by atoms with Gasteiger partial charge in [0.15, 0.2) is 0 Å². The summed E-state index contributed by atoms with van der Waals surface area (Å²) < 4.78 is 32.8. The lowest BCUT2D eigenvalue weighted by molar-refractivity contribution is -0.120. The van der Waals surface area contributed by atoms with Crippen LogP contribution in [-0.2, 0) is 17.8 Å². The Hall–Kier alpha value is -3.06. The van der Waals surface area contributed by atoms with Crippen molar-refractivity contribution in [3.05, 3.63) is 99.5 Å². The van der Waals surface area contributed by atoms with E-state index in [9.17, 15) is 13.6 Å². The summed E-state index contributed by atoms with van der Waals surface area (Å²) in [5, 5.41) is 3.97. The molecule has 1 N–H and O–H groups in total. The number of halogens is 3. The van der Waals surface area contributed by atoms with Gasteiger partial charge in [0, 0.05) is 10.0 Å². The Bertz CT molecular complexity index is 1020. The summed E-state index contributed by atoms with van der Waals surface area (Å²) in [6.45, 7) is 0.192. The van der Waals surface area contributed by atoms with Crippen LogP contribution in [0.1, 0.15) is 16.7 Å². The fourth-order valence-corrected chi connectivity index (χ4v) is 2.92. The first-order valence-electron chi connectivity index (χ1n) is 8.73. The molecule has 0 saturated heterocycles. The van der Waals surface area contributed by atoms with E-state index in [0.29, 0.717) is 22.4 Å². The molecule has 3 aromatic carbocycles. The van der Waals surface area contributed by atoms with Crippen molar-refractivity contribution in [3.8, 4) is 5.75 Å². The van der Waals surface area contributed by atoms with Crippen LogP contribution in [0.25, 0.3) is 0 Å². The van der Waals surface area contributed by atoms with Crippen molar-refractivity contribution in [2.45, 2.75) is 13.0 Å². The number of hydrogen-bond donors (Lipinski definition) is 1. The first kappa shape index (κ1) is 20.7. The van der Waals surface area contributed by atoms with Gasteiger partial charge in [-0.25, -0.2) is 14.2 Å². The highest BCUT2D eigenvalue weighted by atomic mass is 79.9. The lowest BCUT2D eigenvalue weighted by atomic mass is 10.1. The predicted molar refractivity (Wildman–Crippen MR) is 111 cm³/mol. The van der Waals surface area contributed by atoms with Crippen LogP contribution < -0.4 is 10.2 Å². The Morgan fingerprint density at radius 2 is 1.79 bits per heavy atom. The number of nitrogens with zero attached hydrogens (tertiary/aromatic N) is 1. The molecule has 0 fully saturated rings. The van der Waals surface area contributed by atoms with E-state index in [1.807, 2.05) is 6.07 Å². The van der Waals surface area contributed by atoms with Gasteiger partial charge in [-0.1, -0.05) is 40.2 Å². The minimum atomic E-state index is -0.354. The number of hydrogen-bond acceptors (Lipinski definition) is 3. The fourth-order valence-electron chi connectivity index (χ4n) is 2.54. The number of amides is 1. The maximum absolute atomic E-state index is 13.3. The molecule has 0 atom stereocenters. The molecule has 0 bridgehead atoms. The van der Waals surface area contributed by atoms with Crippen molar-refractivity contribution in [1.29, 1.82) is 0 Å². The van der Waals surface area contributed by atoms with Gasteiger partial charge in [0.25, 0.3) is 0 Å². The number of benzene rings is 3. The maximum Gasteiger partial charge on any atom is 0.244 e. The largest absolute Gasteiger partial charge is 0.488 e. The second kappa shape index (κ2) is 9.93. The van der Waals surface area contributed by atoms with Gasteiger partial charge in [0.1, 0.15) is 24.0 Å². The molecule has 4 nitrogen and oxygen atoms in total. The van der Waals surface area contributed by atoms with Gasteiger partial charge in [0.2, 0.25) is 5.91 Å². The Morgan fingerprint density at radius 1 is 1.00 bits per heavy atom. The molecule has 0 heterocycles. The van der Waals surface area contributed by atoms with Crippen molar-refractivity contribution in [2.24, 2.45) is 5.10 Å². The lowest BCUT2D eigenvalue weighted by Gasteiger charge is -2.10. The molecule has 7 heteroatoms. The molecule has 0 saturated carbocycles. The summed E-state index contributed by atoms with van der Waals surface area (Å²) in [5.41, 5.74) is 4.45. The van der Waals surface area contributed by atoms with Crippen molar-refractivity contribution in [1.82, 2.24) is 5.43 Å². The first-order valence-corrected chi connectivity index (χ1v) is 9.52. The monoisotopic (exact) mass is 458 g/mol. The highest BCUT2D eigenvalue weighted by molar-refractivity contribution is 9.10. The van der Waals surface area contributed by atoms with E-state index in [1.54, 1.807) is 36.4 Å². The smallest absolute Gasteiger partial charge is 0.244 e. The molecule has 0 spiro atoms. The van der Waals surface area contributed by atoms with E-state index in [-0.39, 0.29) is 30.6 Å². The number of carbonyl (C=O) groups is 1. The van der Waals surface area contributed by atoms with Crippen LogP contribution in [0.2, 0.25) is 0 Å². The van der Waals surface area contributed by atoms with Gasteiger partial charge >= 0.3 is 0 Å². The first-order chi connectivity index (χ1) is 14.0. The number of carbonyl (C=O) groups excluding carboxylic acids is 1. The van der Waals surface area contributed by atoms with Gasteiger partial charge in [-0.15, -0.1) is 0 Å². The highest BCUT2D eigenvalue weighted by Gasteiger charge is 2.06. The van der Waals surface area contributed by atoms with Gasteiger partial charge in [-0.05, 0) is 53.6 Å². The molecule has 1 amide bonds. The number of rotatable bonds is 7. The standard InChI is InChI=1S/C22H17BrF2N2O2/c23-18-6-9-21(29-14-16-2-1-3-20(25)10-16)17(12-18)13-26-27-22(28)11-15-4-7-19(24)8-5-15/h1-10,12-13H,11,14H2,(H,27,28)/b26-13+. The molecule has 0 radical (unpaired) electrons. The number of nitrogens with one attached hydrogen (secondary N) is 1. The highest BCUT2D eigenvalue weighted by Crippen LogP contribution is 2.23. The lowest BCUT2D eigenvalue weighted by Crippen LogP contribution is -2.19. The molecule has 29 heavy (non-hydrogen) atoms. The van der Waals surface area contributed by atoms with Gasteiger partial charge < -0.3 is 4.74 Å². The quantitative estimate of drug-likeness (QED) is 0.400. The third-order valence-electron chi connectivity index (χ3n) is 3.93. The molecular weight excluding hydrogens is 442 g/mol. The Labute approximate surface area is 175 Å². The number of hydrazone groups is 1. The third kappa shape index (κ3) is 6.50. The van der Waals surface area contributed by atoms with Crippen LogP contribution in [0.5, 0.6) is 5.75 Å². The molecule has 3 rings (SSSR count). The summed E-state index contributed by atoms with van der Waals surface area (Å²) in [4.78, 5) is 12.0. The van der Waals surface area contributed by atoms with Crippen molar-refractivity contribution >= 4 is 28.1 Å². The van der Waals surface area contributed by atoms with Crippen molar-refractivity contribution in [3.63, 3.8) is 0 Å². The van der Waals surface area contributed by atoms with E-state index >= 15 is 0 Å². The topological polar surface area (TPSA) is 50.7 Å². The summed E-state index contributed by atoms with van der Waals surface area (Å²) in [6, 6.07) is 17.2. The van der Waals surface area contributed by atoms with Crippen LogP contribution in [0.3, 0.4) is 0 Å². The second-order valence-corrected chi connectivity index (χ2v) is 7.11. The van der Waals surface area contributed by atoms with Crippen molar-refractivity contribution < 1.29 is 18.3 Å².